The third-order valence-corrected chi connectivity index (χ3v) is 5.34. The predicted octanol–water partition coefficient (Wildman–Crippen LogP) is 2.93. The largest absolute Gasteiger partial charge is 0.465 e. The lowest BCUT2D eigenvalue weighted by Crippen LogP contribution is -2.08. The summed E-state index contributed by atoms with van der Waals surface area (Å²) in [5, 5.41) is 11.3. The summed E-state index contributed by atoms with van der Waals surface area (Å²) in [7, 11) is 1.30. The lowest BCUT2D eigenvalue weighted by atomic mass is 10.1. The lowest BCUT2D eigenvalue weighted by Gasteiger charge is -2.08. The Morgan fingerprint density at radius 3 is 2.73 bits per heavy atom. The van der Waals surface area contributed by atoms with Crippen LogP contribution in [0.2, 0.25) is 0 Å². The molecule has 0 bridgehead atoms. The number of benzene rings is 1. The Morgan fingerprint density at radius 2 is 2.03 bits per heavy atom. The van der Waals surface area contributed by atoms with E-state index in [-0.39, 0.29) is 17.4 Å². The summed E-state index contributed by atoms with van der Waals surface area (Å²) < 4.78 is 6.52. The Balaban J connectivity index is 1.77. The van der Waals surface area contributed by atoms with Crippen molar-refractivity contribution in [2.45, 2.75) is 25.9 Å². The number of aromatic nitrogens is 4. The maximum absolute atomic E-state index is 12.8. The Kier molecular flexibility index (Phi) is 6.36. The van der Waals surface area contributed by atoms with Crippen LogP contribution in [0.4, 0.5) is 5.69 Å². The quantitative estimate of drug-likeness (QED) is 0.338. The summed E-state index contributed by atoms with van der Waals surface area (Å²) in [5.74, 6) is -0.714. The van der Waals surface area contributed by atoms with Gasteiger partial charge in [0.2, 0.25) is 5.91 Å². The molecule has 3 rings (SSSR count). The van der Waals surface area contributed by atoms with E-state index in [0.717, 1.165) is 5.69 Å². The standard InChI is InChI=1S/C20H21N5O4S/c1-11-17(19(28)29-4)12(2)22-18(11)16(27)9-30-20-24-21-10-25(20)15-7-5-6-14(8-15)23-13(3)26/h5-8,10,22H,9H2,1-4H3,(H,23,26). The van der Waals surface area contributed by atoms with Crippen LogP contribution in [0, 0.1) is 13.8 Å². The van der Waals surface area contributed by atoms with Gasteiger partial charge in [0.15, 0.2) is 10.9 Å². The van der Waals surface area contributed by atoms with Crippen molar-refractivity contribution in [2.75, 3.05) is 18.2 Å². The number of carbonyl (C=O) groups excluding carboxylic acids is 3. The highest BCUT2D eigenvalue weighted by molar-refractivity contribution is 7.99. The molecule has 0 fully saturated rings. The number of nitrogens with one attached hydrogen (secondary N) is 2. The molecule has 2 N–H and O–H groups in total. The second kappa shape index (κ2) is 8.95. The Morgan fingerprint density at radius 1 is 1.27 bits per heavy atom. The first-order chi connectivity index (χ1) is 14.3. The molecule has 0 spiro atoms. The maximum Gasteiger partial charge on any atom is 0.339 e. The number of ether oxygens (including phenoxy) is 1. The van der Waals surface area contributed by atoms with E-state index in [2.05, 4.69) is 20.5 Å². The molecule has 0 aliphatic rings. The number of amides is 1. The summed E-state index contributed by atoms with van der Waals surface area (Å²) >= 11 is 1.23. The van der Waals surface area contributed by atoms with Crippen molar-refractivity contribution in [3.05, 3.63) is 53.1 Å². The highest BCUT2D eigenvalue weighted by Gasteiger charge is 2.23. The van der Waals surface area contributed by atoms with Crippen LogP contribution in [-0.2, 0) is 9.53 Å². The van der Waals surface area contributed by atoms with Crippen molar-refractivity contribution in [1.29, 1.82) is 0 Å². The number of hydrogen-bond acceptors (Lipinski definition) is 7. The van der Waals surface area contributed by atoms with Gasteiger partial charge in [-0.25, -0.2) is 4.79 Å². The van der Waals surface area contributed by atoms with Gasteiger partial charge in [-0.15, -0.1) is 10.2 Å². The van der Waals surface area contributed by atoms with Gasteiger partial charge in [0.25, 0.3) is 0 Å². The van der Waals surface area contributed by atoms with Crippen molar-refractivity contribution in [3.63, 3.8) is 0 Å². The van der Waals surface area contributed by atoms with E-state index in [1.807, 2.05) is 6.07 Å². The molecule has 0 atom stereocenters. The van der Waals surface area contributed by atoms with E-state index in [1.165, 1.54) is 25.8 Å². The zero-order chi connectivity index (χ0) is 21.8. The minimum atomic E-state index is -0.480. The molecular weight excluding hydrogens is 406 g/mol. The van der Waals surface area contributed by atoms with Crippen molar-refractivity contribution >= 4 is 35.1 Å². The number of carbonyl (C=O) groups is 3. The molecule has 0 aliphatic carbocycles. The Bertz CT molecular complexity index is 1120. The zero-order valence-corrected chi connectivity index (χ0v) is 17.8. The SMILES string of the molecule is COC(=O)c1c(C)[nH]c(C(=O)CSc2nncn2-c2cccc(NC(C)=O)c2)c1C. The van der Waals surface area contributed by atoms with Crippen molar-refractivity contribution in [3.8, 4) is 5.69 Å². The number of aromatic amines is 1. The van der Waals surface area contributed by atoms with Gasteiger partial charge in [0, 0.05) is 18.3 Å². The molecule has 156 valence electrons. The lowest BCUT2D eigenvalue weighted by molar-refractivity contribution is -0.114. The van der Waals surface area contributed by atoms with Crippen LogP contribution in [0.25, 0.3) is 5.69 Å². The number of H-pyrrole nitrogens is 1. The third-order valence-electron chi connectivity index (χ3n) is 4.40. The van der Waals surface area contributed by atoms with E-state index in [9.17, 15) is 14.4 Å². The minimum absolute atomic E-state index is 0.103. The fourth-order valence-electron chi connectivity index (χ4n) is 3.08. The predicted molar refractivity (Wildman–Crippen MR) is 112 cm³/mol. The fourth-order valence-corrected chi connectivity index (χ4v) is 3.88. The molecule has 30 heavy (non-hydrogen) atoms. The fraction of sp³-hybridized carbons (Fsp3) is 0.250. The summed E-state index contributed by atoms with van der Waals surface area (Å²) in [6, 6.07) is 7.22. The number of nitrogens with zero attached hydrogens (tertiary/aromatic N) is 3. The molecule has 10 heteroatoms. The van der Waals surface area contributed by atoms with Crippen LogP contribution in [0.3, 0.4) is 0 Å². The highest BCUT2D eigenvalue weighted by atomic mass is 32.2. The molecule has 0 radical (unpaired) electrons. The molecule has 2 aromatic heterocycles. The number of aryl methyl sites for hydroxylation is 1. The van der Waals surface area contributed by atoms with Gasteiger partial charge >= 0.3 is 5.97 Å². The van der Waals surface area contributed by atoms with E-state index >= 15 is 0 Å². The number of anilines is 1. The Hall–Kier alpha value is -3.40. The topological polar surface area (TPSA) is 119 Å². The van der Waals surface area contributed by atoms with Crippen LogP contribution < -0.4 is 5.32 Å². The number of Topliss-reactive ketones (excluding diaryl/α,β-unsaturated/α-hetero) is 1. The Labute approximate surface area is 177 Å². The first-order valence-corrected chi connectivity index (χ1v) is 10.0. The van der Waals surface area contributed by atoms with Gasteiger partial charge in [-0.2, -0.15) is 0 Å². The first kappa shape index (κ1) is 21.3. The second-order valence-corrected chi connectivity index (χ2v) is 7.49. The van der Waals surface area contributed by atoms with Crippen LogP contribution >= 0.6 is 11.8 Å². The number of ketones is 1. The van der Waals surface area contributed by atoms with Crippen molar-refractivity contribution in [1.82, 2.24) is 19.7 Å². The molecule has 0 unspecified atom stereocenters. The average Bonchev–Trinajstić information content (AvgIpc) is 3.29. The van der Waals surface area contributed by atoms with Gasteiger partial charge in [0.1, 0.15) is 6.33 Å². The van der Waals surface area contributed by atoms with Crippen LogP contribution in [0.1, 0.15) is 39.0 Å². The number of esters is 1. The molecule has 2 heterocycles. The normalized spacial score (nSPS) is 10.7. The molecule has 9 nitrogen and oxygen atoms in total. The second-order valence-electron chi connectivity index (χ2n) is 6.54. The summed E-state index contributed by atoms with van der Waals surface area (Å²) in [6.07, 6.45) is 1.54. The van der Waals surface area contributed by atoms with Crippen molar-refractivity contribution < 1.29 is 19.1 Å². The van der Waals surface area contributed by atoms with E-state index < -0.39 is 5.97 Å². The number of rotatable bonds is 7. The third kappa shape index (κ3) is 4.43. The first-order valence-electron chi connectivity index (χ1n) is 9.03. The average molecular weight is 427 g/mol. The molecule has 3 aromatic rings. The monoisotopic (exact) mass is 427 g/mol. The summed E-state index contributed by atoms with van der Waals surface area (Å²) in [6.45, 7) is 4.87. The molecule has 0 saturated heterocycles. The summed E-state index contributed by atoms with van der Waals surface area (Å²) in [4.78, 5) is 38.9. The van der Waals surface area contributed by atoms with E-state index in [4.69, 9.17) is 4.74 Å². The molecule has 1 amide bonds. The molecular formula is C20H21N5O4S. The van der Waals surface area contributed by atoms with Gasteiger partial charge in [0.05, 0.1) is 29.8 Å². The van der Waals surface area contributed by atoms with Gasteiger partial charge in [-0.05, 0) is 37.6 Å². The van der Waals surface area contributed by atoms with Gasteiger partial charge < -0.3 is 15.0 Å². The minimum Gasteiger partial charge on any atom is -0.465 e. The number of methoxy groups -OCH3 is 1. The number of hydrogen-bond donors (Lipinski definition) is 2. The highest BCUT2D eigenvalue weighted by Crippen LogP contribution is 2.24. The van der Waals surface area contributed by atoms with Gasteiger partial charge in [-0.3, -0.25) is 14.2 Å². The molecule has 0 saturated carbocycles. The number of thioether (sulfide) groups is 1. The van der Waals surface area contributed by atoms with Crippen LogP contribution in [0.15, 0.2) is 35.7 Å². The smallest absolute Gasteiger partial charge is 0.339 e. The van der Waals surface area contributed by atoms with E-state index in [0.29, 0.717) is 33.4 Å². The molecule has 1 aromatic carbocycles. The summed E-state index contributed by atoms with van der Waals surface area (Å²) in [5.41, 5.74) is 3.30. The maximum atomic E-state index is 12.8. The van der Waals surface area contributed by atoms with Crippen molar-refractivity contribution in [2.24, 2.45) is 0 Å². The van der Waals surface area contributed by atoms with Crippen LogP contribution in [0.5, 0.6) is 0 Å². The molecule has 0 aliphatic heterocycles. The zero-order valence-electron chi connectivity index (χ0n) is 17.0. The van der Waals surface area contributed by atoms with E-state index in [1.54, 1.807) is 42.9 Å². The van der Waals surface area contributed by atoms with Crippen LogP contribution in [-0.4, -0.2) is 50.3 Å². The van der Waals surface area contributed by atoms with Gasteiger partial charge in [-0.1, -0.05) is 17.8 Å².